The quantitative estimate of drug-likeness (QED) is 0.470. The van der Waals surface area contributed by atoms with E-state index in [0.717, 1.165) is 17.7 Å². The number of benzene rings is 1. The van der Waals surface area contributed by atoms with Crippen molar-refractivity contribution < 1.29 is 17.9 Å². The number of carbonyl (C=O) groups excluding carboxylic acids is 1. The van der Waals surface area contributed by atoms with E-state index in [2.05, 4.69) is 35.4 Å². The SMILES string of the molecule is CC(C)Oc1ccc(-c2ccc(C(=O)NS(=O)(=O)c3cccnc3N)c(N3C[C@@H](C)CC3(C)C)n2)cc1. The molecule has 196 valence electrons. The number of nitrogens with zero attached hydrogens (tertiary/aromatic N) is 3. The highest BCUT2D eigenvalue weighted by Crippen LogP contribution is 2.38. The van der Waals surface area contributed by atoms with E-state index in [9.17, 15) is 13.2 Å². The van der Waals surface area contributed by atoms with Crippen LogP contribution in [0.5, 0.6) is 5.75 Å². The lowest BCUT2D eigenvalue weighted by Gasteiger charge is -2.34. The van der Waals surface area contributed by atoms with Gasteiger partial charge in [-0.05, 0) is 88.6 Å². The lowest BCUT2D eigenvalue weighted by Crippen LogP contribution is -2.41. The van der Waals surface area contributed by atoms with Crippen LogP contribution >= 0.6 is 0 Å². The number of nitrogens with two attached hydrogens (primary N) is 1. The van der Waals surface area contributed by atoms with Gasteiger partial charge in [-0.15, -0.1) is 0 Å². The molecule has 1 aliphatic heterocycles. The molecule has 1 amide bonds. The standard InChI is InChI=1S/C27H33N5O4S/c1-17(2)36-20-10-8-19(9-11-20)22-13-12-21(25(30-22)32-16-18(3)15-27(32,4)5)26(33)31-37(34,35)23-7-6-14-29-24(23)28/h6-14,17-18H,15-16H2,1-5H3,(H2,28,29)(H,31,33)/t18-/m0/s1. The lowest BCUT2D eigenvalue weighted by atomic mass is 9.97. The first-order chi connectivity index (χ1) is 17.4. The van der Waals surface area contributed by atoms with Gasteiger partial charge in [0.15, 0.2) is 0 Å². The van der Waals surface area contributed by atoms with E-state index in [1.54, 1.807) is 12.1 Å². The van der Waals surface area contributed by atoms with Gasteiger partial charge in [0, 0.05) is 23.8 Å². The van der Waals surface area contributed by atoms with Crippen molar-refractivity contribution >= 4 is 27.6 Å². The molecule has 0 radical (unpaired) electrons. The van der Waals surface area contributed by atoms with Crippen LogP contribution in [0.25, 0.3) is 11.3 Å². The Morgan fingerprint density at radius 2 is 1.86 bits per heavy atom. The maximum Gasteiger partial charge on any atom is 0.268 e. The Hall–Kier alpha value is -3.66. The number of ether oxygens (including phenoxy) is 1. The zero-order chi connectivity index (χ0) is 27.0. The molecule has 10 heteroatoms. The van der Waals surface area contributed by atoms with Gasteiger partial charge in [0.2, 0.25) is 0 Å². The molecule has 0 spiro atoms. The number of sulfonamides is 1. The molecule has 1 aromatic carbocycles. The summed E-state index contributed by atoms with van der Waals surface area (Å²) in [5.41, 5.74) is 7.16. The molecule has 2 aromatic heterocycles. The Kier molecular flexibility index (Phi) is 7.14. The lowest BCUT2D eigenvalue weighted by molar-refractivity contribution is 0.0981. The van der Waals surface area contributed by atoms with Crippen LogP contribution in [0, 0.1) is 5.92 Å². The largest absolute Gasteiger partial charge is 0.491 e. The second-order valence-corrected chi connectivity index (χ2v) is 12.0. The number of anilines is 2. The minimum atomic E-state index is -4.24. The molecule has 1 saturated heterocycles. The third-order valence-corrected chi connectivity index (χ3v) is 7.66. The van der Waals surface area contributed by atoms with Gasteiger partial charge in [-0.25, -0.2) is 23.1 Å². The van der Waals surface area contributed by atoms with E-state index < -0.39 is 15.9 Å². The van der Waals surface area contributed by atoms with Crippen LogP contribution < -0.4 is 20.1 Å². The Bertz CT molecular complexity index is 1400. The number of carbonyl (C=O) groups is 1. The van der Waals surface area contributed by atoms with E-state index in [-0.39, 0.29) is 27.9 Å². The van der Waals surface area contributed by atoms with Crippen LogP contribution in [0.4, 0.5) is 11.6 Å². The molecule has 0 saturated carbocycles. The van der Waals surface area contributed by atoms with Gasteiger partial charge in [0.05, 0.1) is 17.4 Å². The Morgan fingerprint density at radius 1 is 1.16 bits per heavy atom. The molecule has 37 heavy (non-hydrogen) atoms. The van der Waals surface area contributed by atoms with Crippen molar-refractivity contribution in [1.29, 1.82) is 0 Å². The molecule has 0 unspecified atom stereocenters. The van der Waals surface area contributed by atoms with Crippen molar-refractivity contribution in [3.05, 3.63) is 60.3 Å². The summed E-state index contributed by atoms with van der Waals surface area (Å²) in [7, 11) is -4.24. The Balaban J connectivity index is 1.74. The van der Waals surface area contributed by atoms with E-state index >= 15 is 0 Å². The van der Waals surface area contributed by atoms with Crippen molar-refractivity contribution in [2.24, 2.45) is 5.92 Å². The highest BCUT2D eigenvalue weighted by atomic mass is 32.2. The first kappa shape index (κ1) is 26.4. The summed E-state index contributed by atoms with van der Waals surface area (Å²) in [6.45, 7) is 11.0. The average molecular weight is 524 g/mol. The summed E-state index contributed by atoms with van der Waals surface area (Å²) in [6, 6.07) is 13.7. The number of nitrogen functional groups attached to an aromatic ring is 1. The number of hydrogen-bond acceptors (Lipinski definition) is 8. The second-order valence-electron chi connectivity index (χ2n) is 10.3. The Morgan fingerprint density at radius 3 is 2.46 bits per heavy atom. The van der Waals surface area contributed by atoms with Crippen LogP contribution in [0.2, 0.25) is 0 Å². The highest BCUT2D eigenvalue weighted by Gasteiger charge is 2.39. The van der Waals surface area contributed by atoms with Crippen LogP contribution in [0.3, 0.4) is 0 Å². The minimum Gasteiger partial charge on any atom is -0.491 e. The predicted molar refractivity (Wildman–Crippen MR) is 144 cm³/mol. The van der Waals surface area contributed by atoms with Gasteiger partial charge in [0.25, 0.3) is 15.9 Å². The molecule has 4 rings (SSSR count). The summed E-state index contributed by atoms with van der Waals surface area (Å²) in [5, 5.41) is 0. The maximum absolute atomic E-state index is 13.4. The molecule has 3 N–H and O–H groups in total. The molecule has 0 aliphatic carbocycles. The predicted octanol–water partition coefficient (Wildman–Crippen LogP) is 4.26. The zero-order valence-corrected chi connectivity index (χ0v) is 22.5. The Labute approximate surface area is 218 Å². The number of aromatic nitrogens is 2. The third kappa shape index (κ3) is 5.69. The zero-order valence-electron chi connectivity index (χ0n) is 21.7. The van der Waals surface area contributed by atoms with Crippen LogP contribution in [-0.4, -0.2) is 42.5 Å². The summed E-state index contributed by atoms with van der Waals surface area (Å²) in [6.07, 6.45) is 2.35. The molecular weight excluding hydrogens is 490 g/mol. The molecule has 3 aromatic rings. The van der Waals surface area contributed by atoms with Crippen LogP contribution in [0.1, 0.15) is 51.4 Å². The monoisotopic (exact) mass is 523 g/mol. The molecule has 3 heterocycles. The fraction of sp³-hybridized carbons (Fsp3) is 0.370. The summed E-state index contributed by atoms with van der Waals surface area (Å²) < 4.78 is 33.8. The van der Waals surface area contributed by atoms with Gasteiger partial charge in [0.1, 0.15) is 22.3 Å². The fourth-order valence-electron chi connectivity index (χ4n) is 4.79. The third-order valence-electron chi connectivity index (χ3n) is 6.29. The molecule has 1 atom stereocenters. The van der Waals surface area contributed by atoms with Gasteiger partial charge in [-0.1, -0.05) is 6.92 Å². The first-order valence-corrected chi connectivity index (χ1v) is 13.7. The van der Waals surface area contributed by atoms with Gasteiger partial charge >= 0.3 is 0 Å². The van der Waals surface area contributed by atoms with E-state index in [4.69, 9.17) is 15.5 Å². The van der Waals surface area contributed by atoms with Crippen molar-refractivity contribution in [3.8, 4) is 17.0 Å². The number of pyridine rings is 2. The van der Waals surface area contributed by atoms with E-state index in [1.165, 1.54) is 18.3 Å². The second kappa shape index (κ2) is 10.0. The minimum absolute atomic E-state index is 0.0612. The number of amides is 1. The van der Waals surface area contributed by atoms with Crippen molar-refractivity contribution in [1.82, 2.24) is 14.7 Å². The highest BCUT2D eigenvalue weighted by molar-refractivity contribution is 7.90. The van der Waals surface area contributed by atoms with Gasteiger partial charge in [-0.3, -0.25) is 4.79 Å². The van der Waals surface area contributed by atoms with Gasteiger partial charge < -0.3 is 15.4 Å². The van der Waals surface area contributed by atoms with Crippen LogP contribution in [-0.2, 0) is 10.0 Å². The topological polar surface area (TPSA) is 128 Å². The molecular formula is C27H33N5O4S. The molecule has 9 nitrogen and oxygen atoms in total. The fourth-order valence-corrected chi connectivity index (χ4v) is 5.84. The number of rotatable bonds is 7. The number of hydrogen-bond donors (Lipinski definition) is 2. The average Bonchev–Trinajstić information content (AvgIpc) is 3.10. The number of nitrogens with one attached hydrogen (secondary N) is 1. The smallest absolute Gasteiger partial charge is 0.268 e. The summed E-state index contributed by atoms with van der Waals surface area (Å²) in [5.74, 6) is 0.595. The van der Waals surface area contributed by atoms with Crippen molar-refractivity contribution in [2.45, 2.75) is 57.6 Å². The van der Waals surface area contributed by atoms with Crippen molar-refractivity contribution in [2.75, 3.05) is 17.2 Å². The first-order valence-electron chi connectivity index (χ1n) is 12.2. The summed E-state index contributed by atoms with van der Waals surface area (Å²) >= 11 is 0. The van der Waals surface area contributed by atoms with Crippen molar-refractivity contribution in [3.63, 3.8) is 0 Å². The normalized spacial score (nSPS) is 17.1. The van der Waals surface area contributed by atoms with E-state index in [1.807, 2.05) is 38.1 Å². The van der Waals surface area contributed by atoms with Gasteiger partial charge in [-0.2, -0.15) is 0 Å². The van der Waals surface area contributed by atoms with Crippen LogP contribution in [0.15, 0.2) is 59.6 Å². The summed E-state index contributed by atoms with van der Waals surface area (Å²) in [4.78, 5) is 23.9. The molecule has 1 aliphatic rings. The molecule has 0 bridgehead atoms. The maximum atomic E-state index is 13.4. The molecule has 1 fully saturated rings. The van der Waals surface area contributed by atoms with E-state index in [0.29, 0.717) is 24.0 Å².